The molecular formula is C23H21NO. The molecule has 2 nitrogen and oxygen atoms in total. The van der Waals surface area contributed by atoms with Crippen molar-refractivity contribution in [2.75, 3.05) is 0 Å². The van der Waals surface area contributed by atoms with Crippen molar-refractivity contribution in [2.45, 2.75) is 24.3 Å². The monoisotopic (exact) mass is 327 g/mol. The van der Waals surface area contributed by atoms with Gasteiger partial charge in [0, 0.05) is 6.04 Å². The minimum atomic E-state index is -0.609. The molecule has 1 unspecified atom stereocenters. The van der Waals surface area contributed by atoms with Crippen molar-refractivity contribution in [1.82, 2.24) is 5.32 Å². The molecule has 1 saturated heterocycles. The smallest absolute Gasteiger partial charge is 0.235 e. The lowest BCUT2D eigenvalue weighted by molar-refractivity contribution is -0.122. The Kier molecular flexibility index (Phi) is 4.10. The van der Waals surface area contributed by atoms with E-state index in [-0.39, 0.29) is 11.9 Å². The molecule has 0 spiro atoms. The van der Waals surface area contributed by atoms with Crippen LogP contribution in [0.1, 0.15) is 23.1 Å². The van der Waals surface area contributed by atoms with E-state index in [0.29, 0.717) is 0 Å². The van der Waals surface area contributed by atoms with Crippen molar-refractivity contribution >= 4 is 5.91 Å². The van der Waals surface area contributed by atoms with E-state index in [2.05, 4.69) is 41.7 Å². The van der Waals surface area contributed by atoms with E-state index < -0.39 is 5.41 Å². The molecule has 1 aliphatic heterocycles. The molecule has 0 radical (unpaired) electrons. The molecular weight excluding hydrogens is 306 g/mol. The van der Waals surface area contributed by atoms with Gasteiger partial charge in [-0.3, -0.25) is 4.79 Å². The number of nitrogens with one attached hydrogen (secondary N) is 1. The fourth-order valence-corrected chi connectivity index (χ4v) is 3.95. The van der Waals surface area contributed by atoms with Gasteiger partial charge in [-0.2, -0.15) is 0 Å². The third-order valence-electron chi connectivity index (χ3n) is 5.13. The predicted molar refractivity (Wildman–Crippen MR) is 100 cm³/mol. The fourth-order valence-electron chi connectivity index (χ4n) is 3.95. The maximum atomic E-state index is 13.2. The first-order chi connectivity index (χ1) is 12.3. The number of hydrogen-bond donors (Lipinski definition) is 1. The van der Waals surface area contributed by atoms with E-state index in [0.717, 1.165) is 24.0 Å². The summed E-state index contributed by atoms with van der Waals surface area (Å²) < 4.78 is 0. The molecule has 2 heteroatoms. The van der Waals surface area contributed by atoms with E-state index in [9.17, 15) is 4.79 Å². The van der Waals surface area contributed by atoms with Crippen molar-refractivity contribution in [3.05, 3.63) is 108 Å². The molecule has 1 aliphatic rings. The molecule has 1 N–H and O–H groups in total. The highest BCUT2D eigenvalue weighted by Crippen LogP contribution is 2.41. The van der Waals surface area contributed by atoms with Crippen molar-refractivity contribution in [3.63, 3.8) is 0 Å². The zero-order valence-electron chi connectivity index (χ0n) is 14.1. The lowest BCUT2D eigenvalue weighted by Gasteiger charge is -2.27. The Balaban J connectivity index is 1.73. The summed E-state index contributed by atoms with van der Waals surface area (Å²) in [5.41, 5.74) is 2.77. The van der Waals surface area contributed by atoms with E-state index in [1.54, 1.807) is 0 Å². The first kappa shape index (κ1) is 15.6. The van der Waals surface area contributed by atoms with Gasteiger partial charge in [-0.05, 0) is 29.5 Å². The molecule has 0 saturated carbocycles. The Morgan fingerprint density at radius 3 is 1.76 bits per heavy atom. The molecule has 3 aromatic carbocycles. The molecule has 0 bridgehead atoms. The summed E-state index contributed by atoms with van der Waals surface area (Å²) in [7, 11) is 0. The van der Waals surface area contributed by atoms with Gasteiger partial charge in [0.15, 0.2) is 0 Å². The molecule has 25 heavy (non-hydrogen) atoms. The minimum Gasteiger partial charge on any atom is -0.352 e. The van der Waals surface area contributed by atoms with Crippen LogP contribution in [0.25, 0.3) is 0 Å². The number of carbonyl (C=O) groups excluding carboxylic acids is 1. The van der Waals surface area contributed by atoms with Crippen molar-refractivity contribution in [2.24, 2.45) is 0 Å². The standard InChI is InChI=1S/C23H21NO/c25-22-23(19-12-6-2-7-13-19,20-14-8-3-9-15-20)17-21(24-22)16-18-10-4-1-5-11-18/h1-15,21H,16-17H2,(H,24,25). The molecule has 0 aliphatic carbocycles. The van der Waals surface area contributed by atoms with Crippen LogP contribution < -0.4 is 5.32 Å². The molecule has 1 atom stereocenters. The number of amides is 1. The highest BCUT2D eigenvalue weighted by atomic mass is 16.2. The first-order valence-electron chi connectivity index (χ1n) is 8.75. The lowest BCUT2D eigenvalue weighted by atomic mass is 9.72. The summed E-state index contributed by atoms with van der Waals surface area (Å²) in [4.78, 5) is 13.2. The highest BCUT2D eigenvalue weighted by molar-refractivity contribution is 5.94. The van der Waals surface area contributed by atoms with Crippen LogP contribution in [-0.2, 0) is 16.6 Å². The Bertz CT molecular complexity index is 804. The Morgan fingerprint density at radius 1 is 0.760 bits per heavy atom. The average molecular weight is 327 g/mol. The molecule has 3 aromatic rings. The van der Waals surface area contributed by atoms with E-state index in [1.165, 1.54) is 5.56 Å². The zero-order valence-corrected chi connectivity index (χ0v) is 14.1. The topological polar surface area (TPSA) is 29.1 Å². The van der Waals surface area contributed by atoms with Crippen LogP contribution in [0.2, 0.25) is 0 Å². The molecule has 124 valence electrons. The van der Waals surface area contributed by atoms with Gasteiger partial charge in [-0.15, -0.1) is 0 Å². The van der Waals surface area contributed by atoms with E-state index >= 15 is 0 Å². The van der Waals surface area contributed by atoms with Crippen molar-refractivity contribution in [3.8, 4) is 0 Å². The molecule has 0 aromatic heterocycles. The van der Waals surface area contributed by atoms with Crippen molar-refractivity contribution < 1.29 is 4.79 Å². The van der Waals surface area contributed by atoms with Gasteiger partial charge in [0.2, 0.25) is 5.91 Å². The van der Waals surface area contributed by atoms with Gasteiger partial charge >= 0.3 is 0 Å². The minimum absolute atomic E-state index is 0.103. The molecule has 1 heterocycles. The van der Waals surface area contributed by atoms with Crippen LogP contribution in [0.4, 0.5) is 0 Å². The summed E-state index contributed by atoms with van der Waals surface area (Å²) in [5.74, 6) is 0.103. The molecule has 1 amide bonds. The average Bonchev–Trinajstić information content (AvgIpc) is 3.01. The summed E-state index contributed by atoms with van der Waals surface area (Å²) in [5, 5.41) is 3.25. The van der Waals surface area contributed by atoms with Gasteiger partial charge < -0.3 is 5.32 Å². The third kappa shape index (κ3) is 2.85. The van der Waals surface area contributed by atoms with Crippen LogP contribution in [-0.4, -0.2) is 11.9 Å². The van der Waals surface area contributed by atoms with Gasteiger partial charge in [-0.1, -0.05) is 91.0 Å². The van der Waals surface area contributed by atoms with E-state index in [4.69, 9.17) is 0 Å². The molecule has 1 fully saturated rings. The normalized spacial score (nSPS) is 18.7. The Hall–Kier alpha value is -2.87. The lowest BCUT2D eigenvalue weighted by Crippen LogP contribution is -2.37. The van der Waals surface area contributed by atoms with Gasteiger partial charge in [-0.25, -0.2) is 0 Å². The summed E-state index contributed by atoms with van der Waals surface area (Å²) in [6, 6.07) is 30.8. The first-order valence-corrected chi connectivity index (χ1v) is 8.75. The largest absolute Gasteiger partial charge is 0.352 e. The number of hydrogen-bond acceptors (Lipinski definition) is 1. The van der Waals surface area contributed by atoms with Crippen LogP contribution >= 0.6 is 0 Å². The second-order valence-electron chi connectivity index (χ2n) is 6.70. The van der Waals surface area contributed by atoms with Crippen LogP contribution in [0, 0.1) is 0 Å². The fraction of sp³-hybridized carbons (Fsp3) is 0.174. The predicted octanol–water partition coefficient (Wildman–Crippen LogP) is 4.10. The highest BCUT2D eigenvalue weighted by Gasteiger charge is 2.49. The zero-order chi connectivity index (χ0) is 17.1. The van der Waals surface area contributed by atoms with Gasteiger partial charge in [0.1, 0.15) is 5.41 Å². The number of benzene rings is 3. The Labute approximate surface area is 148 Å². The number of rotatable bonds is 4. The summed E-state index contributed by atoms with van der Waals surface area (Å²) >= 11 is 0. The van der Waals surface area contributed by atoms with Crippen molar-refractivity contribution in [1.29, 1.82) is 0 Å². The maximum Gasteiger partial charge on any atom is 0.235 e. The van der Waals surface area contributed by atoms with Crippen LogP contribution in [0.15, 0.2) is 91.0 Å². The molecule has 4 rings (SSSR count). The van der Waals surface area contributed by atoms with Crippen LogP contribution in [0.5, 0.6) is 0 Å². The second-order valence-corrected chi connectivity index (χ2v) is 6.70. The summed E-state index contributed by atoms with van der Waals surface area (Å²) in [6.07, 6.45) is 1.63. The quantitative estimate of drug-likeness (QED) is 0.768. The van der Waals surface area contributed by atoms with E-state index in [1.807, 2.05) is 54.6 Å². The maximum absolute atomic E-state index is 13.2. The van der Waals surface area contributed by atoms with Gasteiger partial charge in [0.05, 0.1) is 0 Å². The van der Waals surface area contributed by atoms with Gasteiger partial charge in [0.25, 0.3) is 0 Å². The third-order valence-corrected chi connectivity index (χ3v) is 5.13. The Morgan fingerprint density at radius 2 is 1.24 bits per heavy atom. The summed E-state index contributed by atoms with van der Waals surface area (Å²) in [6.45, 7) is 0. The SMILES string of the molecule is O=C1NC(Cc2ccccc2)CC1(c1ccccc1)c1ccccc1. The second kappa shape index (κ2) is 6.56. The number of carbonyl (C=O) groups is 1. The van der Waals surface area contributed by atoms with Crippen LogP contribution in [0.3, 0.4) is 0 Å².